The van der Waals surface area contributed by atoms with Crippen molar-refractivity contribution in [2.75, 3.05) is 13.1 Å². The van der Waals surface area contributed by atoms with Gasteiger partial charge in [0.25, 0.3) is 0 Å². The summed E-state index contributed by atoms with van der Waals surface area (Å²) in [7, 11) is 0. The van der Waals surface area contributed by atoms with Crippen LogP contribution in [0.4, 0.5) is 0 Å². The molecule has 2 unspecified atom stereocenters. The third-order valence-corrected chi connectivity index (χ3v) is 4.89. The Morgan fingerprint density at radius 2 is 1.59 bits per heavy atom. The minimum atomic E-state index is 0.295. The molecule has 0 aliphatic heterocycles. The van der Waals surface area contributed by atoms with Gasteiger partial charge in [-0.1, -0.05) is 55.0 Å². The summed E-state index contributed by atoms with van der Waals surface area (Å²) in [5, 5.41) is 7.09. The molecule has 0 saturated heterocycles. The summed E-state index contributed by atoms with van der Waals surface area (Å²) >= 11 is 0. The van der Waals surface area contributed by atoms with Crippen LogP contribution in [0.15, 0.2) is 12.3 Å². The molecule has 0 aliphatic carbocycles. The Morgan fingerprint density at radius 3 is 2.09 bits per heavy atom. The molecule has 22 heavy (non-hydrogen) atoms. The van der Waals surface area contributed by atoms with Gasteiger partial charge in [0, 0.05) is 24.2 Å². The Balaban J connectivity index is 4.18. The van der Waals surface area contributed by atoms with Gasteiger partial charge in [0.2, 0.25) is 0 Å². The maximum Gasteiger partial charge on any atom is 0.0158 e. The maximum absolute atomic E-state index is 4.29. The monoisotopic (exact) mass is 310 g/mol. The van der Waals surface area contributed by atoms with E-state index in [1.54, 1.807) is 0 Å². The van der Waals surface area contributed by atoms with E-state index in [9.17, 15) is 0 Å². The highest BCUT2D eigenvalue weighted by Gasteiger charge is 2.29. The largest absolute Gasteiger partial charge is 0.389 e. The number of allylic oxidation sites excluding steroid dienone is 1. The molecule has 0 fully saturated rings. The first-order valence-electron chi connectivity index (χ1n) is 9.15. The molecular weight excluding hydrogens is 268 g/mol. The second-order valence-electron chi connectivity index (χ2n) is 8.87. The molecular formula is C20H42N2. The number of hydrogen-bond donors (Lipinski definition) is 2. The zero-order chi connectivity index (χ0) is 17.4. The van der Waals surface area contributed by atoms with Gasteiger partial charge < -0.3 is 10.6 Å². The zero-order valence-electron chi connectivity index (χ0n) is 16.6. The van der Waals surface area contributed by atoms with Gasteiger partial charge in [-0.15, -0.1) is 0 Å². The molecule has 0 bridgehead atoms. The Kier molecular flexibility index (Phi) is 9.38. The predicted molar refractivity (Wildman–Crippen MR) is 101 cm³/mol. The van der Waals surface area contributed by atoms with Crippen molar-refractivity contribution in [1.29, 1.82) is 0 Å². The fourth-order valence-corrected chi connectivity index (χ4v) is 2.48. The van der Waals surface area contributed by atoms with E-state index in [0.29, 0.717) is 22.8 Å². The molecule has 0 rings (SSSR count). The summed E-state index contributed by atoms with van der Waals surface area (Å²) in [6.45, 7) is 24.9. The number of hydrogen-bond acceptors (Lipinski definition) is 2. The van der Waals surface area contributed by atoms with Gasteiger partial charge in [0.05, 0.1) is 0 Å². The molecule has 0 radical (unpaired) electrons. The molecule has 0 aromatic carbocycles. The van der Waals surface area contributed by atoms with Gasteiger partial charge in [-0.2, -0.15) is 0 Å². The third-order valence-electron chi connectivity index (χ3n) is 4.89. The van der Waals surface area contributed by atoms with E-state index in [-0.39, 0.29) is 0 Å². The Bertz CT molecular complexity index is 312. The molecule has 2 nitrogen and oxygen atoms in total. The molecule has 2 N–H and O–H groups in total. The molecule has 0 aromatic heterocycles. The Labute approximate surface area is 140 Å². The average molecular weight is 311 g/mol. The van der Waals surface area contributed by atoms with Crippen molar-refractivity contribution in [2.24, 2.45) is 16.7 Å². The van der Waals surface area contributed by atoms with Crippen molar-refractivity contribution in [3.8, 4) is 0 Å². The predicted octanol–water partition coefficient (Wildman–Crippen LogP) is 5.36. The van der Waals surface area contributed by atoms with E-state index in [0.717, 1.165) is 19.5 Å². The summed E-state index contributed by atoms with van der Waals surface area (Å²) in [5.74, 6) is 0.494. The van der Waals surface area contributed by atoms with Gasteiger partial charge in [-0.3, -0.25) is 0 Å². The van der Waals surface area contributed by atoms with E-state index in [4.69, 9.17) is 0 Å². The molecule has 0 aliphatic rings. The van der Waals surface area contributed by atoms with Crippen LogP contribution in [0.3, 0.4) is 0 Å². The molecule has 2 atom stereocenters. The van der Waals surface area contributed by atoms with Gasteiger partial charge in [0.15, 0.2) is 0 Å². The van der Waals surface area contributed by atoms with Crippen LogP contribution < -0.4 is 10.6 Å². The molecule has 0 aromatic rings. The third kappa shape index (κ3) is 9.50. The summed E-state index contributed by atoms with van der Waals surface area (Å²) in [4.78, 5) is 0. The lowest BCUT2D eigenvalue weighted by Gasteiger charge is -2.36. The topological polar surface area (TPSA) is 24.1 Å². The second-order valence-corrected chi connectivity index (χ2v) is 8.87. The van der Waals surface area contributed by atoms with Crippen LogP contribution in [-0.2, 0) is 0 Å². The normalized spacial score (nSPS) is 15.5. The fraction of sp³-hybridized carbons (Fsp3) is 0.900. The summed E-state index contributed by atoms with van der Waals surface area (Å²) in [6, 6.07) is 0.574. The van der Waals surface area contributed by atoms with E-state index in [1.807, 2.05) is 0 Å². The van der Waals surface area contributed by atoms with Crippen LogP contribution in [-0.4, -0.2) is 19.1 Å². The van der Waals surface area contributed by atoms with Crippen molar-refractivity contribution in [1.82, 2.24) is 10.6 Å². The minimum absolute atomic E-state index is 0.295. The highest BCUT2D eigenvalue weighted by atomic mass is 14.9. The van der Waals surface area contributed by atoms with Gasteiger partial charge >= 0.3 is 0 Å². The summed E-state index contributed by atoms with van der Waals surface area (Å²) < 4.78 is 0. The first-order chi connectivity index (χ1) is 9.99. The summed E-state index contributed by atoms with van der Waals surface area (Å²) in [5.41, 5.74) is 1.90. The fourth-order valence-electron chi connectivity index (χ4n) is 2.48. The van der Waals surface area contributed by atoms with E-state index < -0.39 is 0 Å². The van der Waals surface area contributed by atoms with E-state index in [1.165, 1.54) is 25.0 Å². The highest BCUT2D eigenvalue weighted by molar-refractivity contribution is 5.02. The number of nitrogens with one attached hydrogen (secondary N) is 2. The minimum Gasteiger partial charge on any atom is -0.389 e. The Hall–Kier alpha value is -0.500. The average Bonchev–Trinajstić information content (AvgIpc) is 2.41. The summed E-state index contributed by atoms with van der Waals surface area (Å²) in [6.07, 6.45) is 4.85. The van der Waals surface area contributed by atoms with Crippen LogP contribution in [0.25, 0.3) is 0 Å². The second kappa shape index (κ2) is 9.60. The SMILES string of the molecule is C=C(NCCC(C)NCCC)C(C)C(C)(C)CCC(C)(C)C. The van der Waals surface area contributed by atoms with Crippen molar-refractivity contribution >= 4 is 0 Å². The lowest BCUT2D eigenvalue weighted by molar-refractivity contribution is 0.194. The molecule has 132 valence electrons. The molecule has 0 saturated carbocycles. The van der Waals surface area contributed by atoms with Crippen LogP contribution in [0.1, 0.15) is 81.1 Å². The first-order valence-corrected chi connectivity index (χ1v) is 9.15. The quantitative estimate of drug-likeness (QED) is 0.537. The van der Waals surface area contributed by atoms with Gasteiger partial charge in [-0.05, 0) is 50.0 Å². The first kappa shape index (κ1) is 21.5. The lowest BCUT2D eigenvalue weighted by atomic mass is 9.72. The van der Waals surface area contributed by atoms with Gasteiger partial charge in [-0.25, -0.2) is 0 Å². The van der Waals surface area contributed by atoms with Crippen molar-refractivity contribution < 1.29 is 0 Å². The van der Waals surface area contributed by atoms with Crippen LogP contribution in [0, 0.1) is 16.7 Å². The van der Waals surface area contributed by atoms with Crippen LogP contribution in [0.2, 0.25) is 0 Å². The number of rotatable bonds is 11. The van der Waals surface area contributed by atoms with E-state index in [2.05, 4.69) is 72.6 Å². The van der Waals surface area contributed by atoms with Crippen molar-refractivity contribution in [3.05, 3.63) is 12.3 Å². The zero-order valence-corrected chi connectivity index (χ0v) is 16.6. The van der Waals surface area contributed by atoms with E-state index >= 15 is 0 Å². The lowest BCUT2D eigenvalue weighted by Crippen LogP contribution is -2.33. The highest BCUT2D eigenvalue weighted by Crippen LogP contribution is 2.38. The van der Waals surface area contributed by atoms with Crippen molar-refractivity contribution in [2.45, 2.75) is 87.1 Å². The molecule has 0 spiro atoms. The van der Waals surface area contributed by atoms with Crippen LogP contribution >= 0.6 is 0 Å². The molecule has 0 heterocycles. The van der Waals surface area contributed by atoms with Crippen LogP contribution in [0.5, 0.6) is 0 Å². The standard InChI is InChI=1S/C20H42N2/c1-10-14-21-16(2)11-15-22-18(4)17(3)20(8,9)13-12-19(5,6)7/h16-17,21-22H,4,10-15H2,1-3,5-9H3. The van der Waals surface area contributed by atoms with Gasteiger partial charge in [0.1, 0.15) is 0 Å². The smallest absolute Gasteiger partial charge is 0.0158 e. The maximum atomic E-state index is 4.29. The molecule has 2 heteroatoms. The molecule has 0 amide bonds. The van der Waals surface area contributed by atoms with Crippen molar-refractivity contribution in [3.63, 3.8) is 0 Å². The Morgan fingerprint density at radius 1 is 1.00 bits per heavy atom.